The predicted molar refractivity (Wildman–Crippen MR) is 126 cm³/mol. The molecule has 0 aromatic heterocycles. The second-order valence-corrected chi connectivity index (χ2v) is 9.95. The van der Waals surface area contributed by atoms with E-state index in [0.29, 0.717) is 55.4 Å². The molecule has 1 atom stereocenters. The van der Waals surface area contributed by atoms with Gasteiger partial charge in [-0.2, -0.15) is 0 Å². The van der Waals surface area contributed by atoms with Crippen LogP contribution in [-0.2, 0) is 25.1 Å². The Morgan fingerprint density at radius 1 is 1.06 bits per heavy atom. The lowest BCUT2D eigenvalue weighted by molar-refractivity contribution is -0.125. The van der Waals surface area contributed by atoms with E-state index in [4.69, 9.17) is 15.2 Å². The fourth-order valence-electron chi connectivity index (χ4n) is 4.09. The maximum atomic E-state index is 13.1. The summed E-state index contributed by atoms with van der Waals surface area (Å²) in [5.74, 6) is -0.255. The fraction of sp³-hybridized carbons (Fsp3) is 0.375. The maximum Gasteiger partial charge on any atom is 0.331 e. The van der Waals surface area contributed by atoms with Gasteiger partial charge in [0.25, 0.3) is 5.91 Å². The molecule has 10 heteroatoms. The fourth-order valence-corrected chi connectivity index (χ4v) is 5.65. The quantitative estimate of drug-likeness (QED) is 0.429. The molecule has 0 radical (unpaired) electrons. The van der Waals surface area contributed by atoms with Gasteiger partial charge in [-0.05, 0) is 55.7 Å². The van der Waals surface area contributed by atoms with Gasteiger partial charge in [0.15, 0.2) is 0 Å². The summed E-state index contributed by atoms with van der Waals surface area (Å²) < 4.78 is 23.0. The zero-order valence-electron chi connectivity index (χ0n) is 18.7. The monoisotopic (exact) mass is 485 g/mol. The van der Waals surface area contributed by atoms with Crippen molar-refractivity contribution >= 4 is 34.3 Å². The molecule has 2 aromatic rings. The van der Waals surface area contributed by atoms with Crippen molar-refractivity contribution in [2.75, 3.05) is 37.8 Å². The van der Waals surface area contributed by atoms with Gasteiger partial charge in [0.1, 0.15) is 17.0 Å². The lowest BCUT2D eigenvalue weighted by Crippen LogP contribution is -2.51. The second kappa shape index (κ2) is 10.4. The van der Waals surface area contributed by atoms with Crippen LogP contribution in [0.2, 0.25) is 0 Å². The van der Waals surface area contributed by atoms with Crippen LogP contribution < -0.4 is 15.4 Å². The van der Waals surface area contributed by atoms with Gasteiger partial charge in [-0.3, -0.25) is 23.6 Å². The molecule has 2 saturated heterocycles. The molecule has 2 fully saturated rings. The Bertz CT molecular complexity index is 1070. The number of carbonyl (C=O) groups excluding carboxylic acids is 3. The van der Waals surface area contributed by atoms with Crippen LogP contribution in [0.25, 0.3) is 0 Å². The van der Waals surface area contributed by atoms with Gasteiger partial charge in [-0.1, -0.05) is 18.2 Å². The first-order valence-electron chi connectivity index (χ1n) is 11.1. The largest absolute Gasteiger partial charge is 0.494 e. The second-order valence-electron chi connectivity index (χ2n) is 8.16. The number of hydrogen-bond acceptors (Lipinski definition) is 6. The van der Waals surface area contributed by atoms with Crippen molar-refractivity contribution in [1.82, 2.24) is 4.90 Å². The van der Waals surface area contributed by atoms with Crippen molar-refractivity contribution in [3.63, 3.8) is 0 Å². The van der Waals surface area contributed by atoms with Gasteiger partial charge in [-0.25, -0.2) is 4.79 Å². The van der Waals surface area contributed by atoms with Crippen LogP contribution in [0.4, 0.5) is 10.5 Å². The van der Waals surface area contributed by atoms with Crippen LogP contribution in [-0.4, -0.2) is 64.6 Å². The minimum absolute atomic E-state index is 0.0290. The molecule has 0 spiro atoms. The first kappa shape index (κ1) is 23.9. The minimum Gasteiger partial charge on any atom is -0.494 e. The van der Waals surface area contributed by atoms with Crippen LogP contribution in [0.3, 0.4) is 0 Å². The highest BCUT2D eigenvalue weighted by molar-refractivity contribution is 7.87. The van der Waals surface area contributed by atoms with E-state index in [0.717, 1.165) is 0 Å². The molecular formula is C24H27N3O6S. The molecule has 34 heavy (non-hydrogen) atoms. The number of ether oxygens (including phenoxy) is 2. The van der Waals surface area contributed by atoms with Crippen LogP contribution >= 0.6 is 0 Å². The summed E-state index contributed by atoms with van der Waals surface area (Å²) in [6.07, 6.45) is 1.12. The molecule has 180 valence electrons. The summed E-state index contributed by atoms with van der Waals surface area (Å²) in [7, 11) is -1.60. The van der Waals surface area contributed by atoms with Crippen LogP contribution in [0.5, 0.6) is 5.75 Å². The van der Waals surface area contributed by atoms with E-state index in [1.807, 2.05) is 18.2 Å². The molecule has 2 N–H and O–H groups in total. The van der Waals surface area contributed by atoms with Crippen molar-refractivity contribution in [2.24, 2.45) is 5.73 Å². The first-order valence-corrected chi connectivity index (χ1v) is 12.3. The number of nitrogens with zero attached hydrogens (tertiary/aromatic N) is 2. The Kier molecular flexibility index (Phi) is 7.28. The number of anilines is 1. The number of benzene rings is 2. The van der Waals surface area contributed by atoms with Gasteiger partial charge in [0, 0.05) is 30.3 Å². The molecule has 2 aromatic carbocycles. The predicted octanol–water partition coefficient (Wildman–Crippen LogP) is 2.07. The molecule has 0 bridgehead atoms. The number of para-hydroxylation sites is 1. The number of hydrogen-bond donors (Lipinski definition) is 1. The summed E-state index contributed by atoms with van der Waals surface area (Å²) in [5, 5.41) is 0. The summed E-state index contributed by atoms with van der Waals surface area (Å²) in [6.45, 7) is 1.28. The molecule has 0 aliphatic carbocycles. The van der Waals surface area contributed by atoms with E-state index in [2.05, 4.69) is 0 Å². The molecule has 2 aliphatic heterocycles. The number of urea groups is 1. The Morgan fingerprint density at radius 2 is 1.74 bits per heavy atom. The normalized spacial score (nSPS) is 18.7. The highest BCUT2D eigenvalue weighted by atomic mass is 32.2. The smallest absolute Gasteiger partial charge is 0.331 e. The molecule has 2 heterocycles. The van der Waals surface area contributed by atoms with E-state index < -0.39 is 21.5 Å². The van der Waals surface area contributed by atoms with Crippen molar-refractivity contribution < 1.29 is 28.1 Å². The third-order valence-electron chi connectivity index (χ3n) is 6.06. The molecule has 4 rings (SSSR count). The van der Waals surface area contributed by atoms with E-state index in [1.54, 1.807) is 36.4 Å². The van der Waals surface area contributed by atoms with Gasteiger partial charge in [-0.15, -0.1) is 0 Å². The third kappa shape index (κ3) is 4.83. The number of imide groups is 1. The Morgan fingerprint density at radius 3 is 2.38 bits per heavy atom. The third-order valence-corrected chi connectivity index (χ3v) is 8.08. The summed E-state index contributed by atoms with van der Waals surface area (Å²) >= 11 is 0. The average Bonchev–Trinajstić information content (AvgIpc) is 3.15. The van der Waals surface area contributed by atoms with Crippen molar-refractivity contribution in [3.8, 4) is 5.75 Å². The van der Waals surface area contributed by atoms with Crippen molar-refractivity contribution in [3.05, 3.63) is 54.6 Å². The van der Waals surface area contributed by atoms with Gasteiger partial charge in [0.2, 0.25) is 5.91 Å². The van der Waals surface area contributed by atoms with Crippen molar-refractivity contribution in [2.45, 2.75) is 28.9 Å². The summed E-state index contributed by atoms with van der Waals surface area (Å²) in [5.41, 5.74) is 6.29. The van der Waals surface area contributed by atoms with Crippen LogP contribution in [0, 0.1) is 0 Å². The number of carbonyl (C=O) groups is 3. The summed E-state index contributed by atoms with van der Waals surface area (Å²) in [6, 6.07) is 15.4. The topological polar surface area (TPSA) is 119 Å². The van der Waals surface area contributed by atoms with Crippen LogP contribution in [0.1, 0.15) is 19.3 Å². The maximum absolute atomic E-state index is 13.1. The Labute approximate surface area is 200 Å². The van der Waals surface area contributed by atoms with Gasteiger partial charge in [0.05, 0.1) is 17.4 Å². The van der Waals surface area contributed by atoms with E-state index in [9.17, 15) is 18.6 Å². The molecule has 9 nitrogen and oxygen atoms in total. The van der Waals surface area contributed by atoms with Gasteiger partial charge >= 0.3 is 6.03 Å². The minimum atomic E-state index is -1.60. The van der Waals surface area contributed by atoms with Gasteiger partial charge < -0.3 is 15.2 Å². The lowest BCUT2D eigenvalue weighted by atomic mass is 9.98. The highest BCUT2D eigenvalue weighted by Crippen LogP contribution is 2.32. The molecule has 1 unspecified atom stereocenters. The van der Waals surface area contributed by atoms with Crippen molar-refractivity contribution in [1.29, 1.82) is 0 Å². The van der Waals surface area contributed by atoms with Crippen LogP contribution in [0.15, 0.2) is 59.5 Å². The van der Waals surface area contributed by atoms with E-state index in [1.165, 1.54) is 9.80 Å². The zero-order valence-corrected chi connectivity index (χ0v) is 19.5. The SMILES string of the molecule is NC(=O)C1(S(=O)c2ccc(OCCCN3C(=O)CN(c4ccccc4)C3=O)cc2)CCOCC1. The summed E-state index contributed by atoms with van der Waals surface area (Å²) in [4.78, 5) is 40.2. The standard InChI is InChI=1S/C24H27N3O6S/c25-22(29)24(11-15-32-16-12-24)34(31)20-9-7-19(8-10-20)33-14-4-13-26-21(28)17-27(23(26)30)18-5-2-1-3-6-18/h1-3,5-10H,4,11-17H2,(H2,25,29). The molecule has 2 aliphatic rings. The number of primary amides is 1. The Balaban J connectivity index is 1.29. The molecule has 4 amide bonds. The molecular weight excluding hydrogens is 458 g/mol. The number of amides is 4. The van der Waals surface area contributed by atoms with E-state index in [-0.39, 0.29) is 25.0 Å². The molecule has 0 saturated carbocycles. The highest BCUT2D eigenvalue weighted by Gasteiger charge is 2.45. The number of rotatable bonds is 9. The first-order chi connectivity index (χ1) is 16.4. The zero-order chi connectivity index (χ0) is 24.1. The Hall–Kier alpha value is -3.24. The van der Waals surface area contributed by atoms with E-state index >= 15 is 0 Å². The average molecular weight is 486 g/mol. The number of nitrogens with two attached hydrogens (primary N) is 1. The lowest BCUT2D eigenvalue weighted by Gasteiger charge is -2.33.